The number of nitrogens with zero attached hydrogens (tertiary/aromatic N) is 3. The molecule has 0 unspecified atom stereocenters. The van der Waals surface area contributed by atoms with Gasteiger partial charge < -0.3 is 20.3 Å². The predicted molar refractivity (Wildman–Crippen MR) is 100.0 cm³/mol. The molecule has 136 valence electrons. The number of para-hydroxylation sites is 2. The molecule has 8 nitrogen and oxygen atoms in total. The second kappa shape index (κ2) is 7.57. The fourth-order valence-corrected chi connectivity index (χ4v) is 2.83. The van der Waals surface area contributed by atoms with Crippen molar-refractivity contribution in [1.29, 1.82) is 0 Å². The lowest BCUT2D eigenvalue weighted by atomic mass is 10.2. The molecule has 2 fully saturated rings. The van der Waals surface area contributed by atoms with E-state index in [1.54, 1.807) is 12.1 Å². The van der Waals surface area contributed by atoms with Crippen molar-refractivity contribution in [1.82, 2.24) is 15.5 Å². The molecule has 2 aliphatic rings. The molecular formula is C18H22N6O2. The first-order valence-corrected chi connectivity index (χ1v) is 8.88. The van der Waals surface area contributed by atoms with Gasteiger partial charge in [0.05, 0.1) is 24.6 Å². The molecule has 26 heavy (non-hydrogen) atoms. The van der Waals surface area contributed by atoms with Crippen molar-refractivity contribution in [2.45, 2.75) is 18.9 Å². The van der Waals surface area contributed by atoms with Gasteiger partial charge in [0.2, 0.25) is 0 Å². The Morgan fingerprint density at radius 3 is 2.50 bits per heavy atom. The number of nitrogens with one attached hydrogen (secondary N) is 3. The molecule has 0 bridgehead atoms. The fourth-order valence-electron chi connectivity index (χ4n) is 2.83. The Kier molecular flexibility index (Phi) is 4.83. The van der Waals surface area contributed by atoms with Crippen LogP contribution in [0, 0.1) is 0 Å². The van der Waals surface area contributed by atoms with E-state index in [4.69, 9.17) is 4.74 Å². The van der Waals surface area contributed by atoms with Crippen LogP contribution in [0.5, 0.6) is 0 Å². The van der Waals surface area contributed by atoms with E-state index in [1.165, 1.54) is 0 Å². The second-order valence-corrected chi connectivity index (χ2v) is 6.42. The van der Waals surface area contributed by atoms with E-state index in [0.717, 1.165) is 50.5 Å². The number of anilines is 4. The standard InChI is InChI=1S/C18H22N6O2/c25-18(19-13-5-6-13)21-17-8-7-16(22-23-17)20-14-3-1-2-4-15(14)24-9-11-26-12-10-24/h1-4,7-8,13H,5-6,9-12H2,(H,20,22)(H2,19,21,23,25). The van der Waals surface area contributed by atoms with Gasteiger partial charge in [-0.25, -0.2) is 4.79 Å². The molecule has 2 amide bonds. The Bertz CT molecular complexity index is 757. The maximum Gasteiger partial charge on any atom is 0.320 e. The van der Waals surface area contributed by atoms with Crippen LogP contribution in [0.3, 0.4) is 0 Å². The van der Waals surface area contributed by atoms with E-state index in [1.807, 2.05) is 18.2 Å². The molecule has 1 aromatic heterocycles. The molecule has 2 aromatic rings. The molecule has 0 radical (unpaired) electrons. The van der Waals surface area contributed by atoms with Crippen molar-refractivity contribution >= 4 is 29.0 Å². The van der Waals surface area contributed by atoms with E-state index in [0.29, 0.717) is 17.7 Å². The zero-order valence-corrected chi connectivity index (χ0v) is 14.4. The lowest BCUT2D eigenvalue weighted by Crippen LogP contribution is -2.36. The van der Waals surface area contributed by atoms with Gasteiger partial charge in [-0.15, -0.1) is 10.2 Å². The highest BCUT2D eigenvalue weighted by Crippen LogP contribution is 2.28. The first-order valence-electron chi connectivity index (χ1n) is 8.88. The Balaban J connectivity index is 1.41. The molecule has 4 rings (SSSR count). The average Bonchev–Trinajstić information content (AvgIpc) is 3.48. The number of ether oxygens (including phenoxy) is 1. The minimum absolute atomic E-state index is 0.236. The van der Waals surface area contributed by atoms with Gasteiger partial charge in [-0.1, -0.05) is 12.1 Å². The number of urea groups is 1. The lowest BCUT2D eigenvalue weighted by molar-refractivity contribution is 0.123. The highest BCUT2D eigenvalue weighted by atomic mass is 16.5. The Labute approximate surface area is 151 Å². The largest absolute Gasteiger partial charge is 0.378 e. The van der Waals surface area contributed by atoms with Crippen LogP contribution in [0.15, 0.2) is 36.4 Å². The van der Waals surface area contributed by atoms with Crippen LogP contribution in [-0.4, -0.2) is 48.6 Å². The van der Waals surface area contributed by atoms with Gasteiger partial charge in [-0.2, -0.15) is 0 Å². The smallest absolute Gasteiger partial charge is 0.320 e. The summed E-state index contributed by atoms with van der Waals surface area (Å²) in [5.41, 5.74) is 2.08. The number of hydrogen-bond acceptors (Lipinski definition) is 6. The highest BCUT2D eigenvalue weighted by molar-refractivity contribution is 5.88. The number of amides is 2. The van der Waals surface area contributed by atoms with E-state index >= 15 is 0 Å². The minimum Gasteiger partial charge on any atom is -0.378 e. The molecule has 1 saturated heterocycles. The quantitative estimate of drug-likeness (QED) is 0.763. The molecule has 1 aliphatic carbocycles. The summed E-state index contributed by atoms with van der Waals surface area (Å²) in [6, 6.07) is 11.7. The van der Waals surface area contributed by atoms with E-state index in [9.17, 15) is 4.79 Å². The number of rotatable bonds is 5. The number of morpholine rings is 1. The van der Waals surface area contributed by atoms with Gasteiger partial charge in [0.15, 0.2) is 11.6 Å². The minimum atomic E-state index is -0.236. The van der Waals surface area contributed by atoms with Crippen molar-refractivity contribution in [2.75, 3.05) is 41.8 Å². The van der Waals surface area contributed by atoms with Gasteiger partial charge >= 0.3 is 6.03 Å². The topological polar surface area (TPSA) is 91.4 Å². The van der Waals surface area contributed by atoms with Crippen molar-refractivity contribution in [3.63, 3.8) is 0 Å². The van der Waals surface area contributed by atoms with Crippen LogP contribution < -0.4 is 20.9 Å². The van der Waals surface area contributed by atoms with Crippen LogP contribution in [0.4, 0.5) is 27.8 Å². The number of carbonyl (C=O) groups is 1. The monoisotopic (exact) mass is 354 g/mol. The molecule has 8 heteroatoms. The summed E-state index contributed by atoms with van der Waals surface area (Å²) < 4.78 is 5.43. The van der Waals surface area contributed by atoms with Crippen molar-refractivity contribution < 1.29 is 9.53 Å². The van der Waals surface area contributed by atoms with Gasteiger partial charge in [0.25, 0.3) is 0 Å². The first kappa shape index (κ1) is 16.6. The number of benzene rings is 1. The van der Waals surface area contributed by atoms with Crippen molar-refractivity contribution in [2.24, 2.45) is 0 Å². The first-order chi connectivity index (χ1) is 12.8. The molecule has 1 saturated carbocycles. The summed E-state index contributed by atoms with van der Waals surface area (Å²) in [6.07, 6.45) is 2.09. The normalized spacial score (nSPS) is 16.8. The van der Waals surface area contributed by atoms with Crippen LogP contribution in [-0.2, 0) is 4.74 Å². The highest BCUT2D eigenvalue weighted by Gasteiger charge is 2.23. The SMILES string of the molecule is O=C(Nc1ccc(Nc2ccccc2N2CCOCC2)nn1)NC1CC1. The molecular weight excluding hydrogens is 332 g/mol. The summed E-state index contributed by atoms with van der Waals surface area (Å²) >= 11 is 0. The second-order valence-electron chi connectivity index (χ2n) is 6.42. The third-order valence-corrected chi connectivity index (χ3v) is 4.34. The summed E-state index contributed by atoms with van der Waals surface area (Å²) in [5, 5.41) is 17.1. The number of hydrogen-bond donors (Lipinski definition) is 3. The van der Waals surface area contributed by atoms with Crippen molar-refractivity contribution in [3.05, 3.63) is 36.4 Å². The number of carbonyl (C=O) groups excluding carboxylic acids is 1. The summed E-state index contributed by atoms with van der Waals surface area (Å²) in [5.74, 6) is 1.05. The molecule has 2 heterocycles. The number of aromatic nitrogens is 2. The third kappa shape index (κ3) is 4.20. The maximum absolute atomic E-state index is 11.7. The summed E-state index contributed by atoms with van der Waals surface area (Å²) in [7, 11) is 0. The zero-order chi connectivity index (χ0) is 17.8. The van der Waals surface area contributed by atoms with Crippen LogP contribution in [0.25, 0.3) is 0 Å². The van der Waals surface area contributed by atoms with Crippen LogP contribution in [0.1, 0.15) is 12.8 Å². The molecule has 1 aliphatic heterocycles. The molecule has 1 aromatic carbocycles. The molecule has 3 N–H and O–H groups in total. The average molecular weight is 354 g/mol. The Morgan fingerprint density at radius 1 is 1.04 bits per heavy atom. The molecule has 0 atom stereocenters. The van der Waals surface area contributed by atoms with Crippen LogP contribution in [0.2, 0.25) is 0 Å². The Hall–Kier alpha value is -2.87. The molecule has 0 spiro atoms. The van der Waals surface area contributed by atoms with Gasteiger partial charge in [0, 0.05) is 19.1 Å². The fraction of sp³-hybridized carbons (Fsp3) is 0.389. The summed E-state index contributed by atoms with van der Waals surface area (Å²) in [4.78, 5) is 14.0. The van der Waals surface area contributed by atoms with Gasteiger partial charge in [-0.3, -0.25) is 5.32 Å². The lowest BCUT2D eigenvalue weighted by Gasteiger charge is -2.30. The summed E-state index contributed by atoms with van der Waals surface area (Å²) in [6.45, 7) is 3.20. The zero-order valence-electron chi connectivity index (χ0n) is 14.4. The maximum atomic E-state index is 11.7. The Morgan fingerprint density at radius 2 is 1.77 bits per heavy atom. The van der Waals surface area contributed by atoms with Gasteiger partial charge in [-0.05, 0) is 37.1 Å². The predicted octanol–water partition coefficient (Wildman–Crippen LogP) is 2.34. The van der Waals surface area contributed by atoms with Crippen LogP contribution >= 0.6 is 0 Å². The van der Waals surface area contributed by atoms with E-state index < -0.39 is 0 Å². The van der Waals surface area contributed by atoms with E-state index in [-0.39, 0.29) is 6.03 Å². The van der Waals surface area contributed by atoms with E-state index in [2.05, 4.69) is 37.1 Å². The van der Waals surface area contributed by atoms with Crippen molar-refractivity contribution in [3.8, 4) is 0 Å². The van der Waals surface area contributed by atoms with Gasteiger partial charge in [0.1, 0.15) is 0 Å². The third-order valence-electron chi connectivity index (χ3n) is 4.34.